The van der Waals surface area contributed by atoms with Gasteiger partial charge in [0, 0.05) is 6.07 Å². The fourth-order valence-electron chi connectivity index (χ4n) is 2.08. The van der Waals surface area contributed by atoms with Gasteiger partial charge >= 0.3 is 0 Å². The minimum atomic E-state index is -0.379. The number of fused-ring (bicyclic) bond motifs is 1. The van der Waals surface area contributed by atoms with Gasteiger partial charge in [0.2, 0.25) is 0 Å². The van der Waals surface area contributed by atoms with Crippen LogP contribution in [0.3, 0.4) is 0 Å². The van der Waals surface area contributed by atoms with E-state index in [1.54, 1.807) is 29.7 Å². The highest BCUT2D eigenvalue weighted by molar-refractivity contribution is 9.10. The average molecular weight is 355 g/mol. The summed E-state index contributed by atoms with van der Waals surface area (Å²) in [5.41, 5.74) is 2.42. The molecule has 0 aliphatic heterocycles. The molecule has 0 fully saturated rings. The number of nitrogens with zero attached hydrogens (tertiary/aromatic N) is 1. The first-order chi connectivity index (χ1) is 9.47. The van der Waals surface area contributed by atoms with Gasteiger partial charge in [0.25, 0.3) is 0 Å². The van der Waals surface area contributed by atoms with Crippen molar-refractivity contribution in [2.45, 2.75) is 6.92 Å². The van der Waals surface area contributed by atoms with Crippen molar-refractivity contribution in [1.82, 2.24) is 9.55 Å². The van der Waals surface area contributed by atoms with Crippen LogP contribution in [0.4, 0.5) is 8.78 Å². The van der Waals surface area contributed by atoms with E-state index in [0.29, 0.717) is 31.5 Å². The van der Waals surface area contributed by atoms with Gasteiger partial charge in [-0.1, -0.05) is 6.07 Å². The molecule has 0 radical (unpaired) electrons. The van der Waals surface area contributed by atoms with Crippen LogP contribution in [0.1, 0.15) is 5.56 Å². The second-order valence-corrected chi connectivity index (χ2v) is 5.72. The molecule has 3 rings (SSSR count). The molecule has 2 nitrogen and oxygen atoms in total. The Hall–Kier alpha value is -1.53. The smallest absolute Gasteiger partial charge is 0.182 e. The summed E-state index contributed by atoms with van der Waals surface area (Å²) < 4.78 is 29.7. The second kappa shape index (κ2) is 4.79. The van der Waals surface area contributed by atoms with Crippen LogP contribution in [0.25, 0.3) is 16.7 Å². The minimum absolute atomic E-state index is 0.306. The number of benzene rings is 2. The summed E-state index contributed by atoms with van der Waals surface area (Å²) in [4.78, 5) is 2.92. The van der Waals surface area contributed by atoms with Crippen molar-refractivity contribution in [2.24, 2.45) is 0 Å². The largest absolute Gasteiger partial charge is 0.330 e. The van der Waals surface area contributed by atoms with Crippen molar-refractivity contribution in [1.29, 1.82) is 0 Å². The van der Waals surface area contributed by atoms with Crippen LogP contribution >= 0.6 is 28.1 Å². The summed E-state index contributed by atoms with van der Waals surface area (Å²) in [7, 11) is 0. The molecule has 6 heteroatoms. The lowest BCUT2D eigenvalue weighted by Crippen LogP contribution is -1.96. The van der Waals surface area contributed by atoms with Crippen molar-refractivity contribution in [3.63, 3.8) is 0 Å². The fraction of sp³-hybridized carbons (Fsp3) is 0.0714. The van der Waals surface area contributed by atoms with Gasteiger partial charge in [0.1, 0.15) is 11.6 Å². The summed E-state index contributed by atoms with van der Waals surface area (Å²) in [6.45, 7) is 1.69. The van der Waals surface area contributed by atoms with Gasteiger partial charge in [0.05, 0.1) is 21.2 Å². The molecule has 1 heterocycles. The number of nitrogens with one attached hydrogen (secondary N) is 1. The van der Waals surface area contributed by atoms with Crippen LogP contribution in [0, 0.1) is 23.3 Å². The third kappa shape index (κ3) is 2.09. The molecule has 0 saturated carbocycles. The number of aromatic amines is 1. The molecule has 0 spiro atoms. The lowest BCUT2D eigenvalue weighted by molar-refractivity contribution is 0.617. The summed E-state index contributed by atoms with van der Waals surface area (Å²) in [6, 6.07) is 7.85. The number of aromatic nitrogens is 2. The first kappa shape index (κ1) is 13.5. The maximum Gasteiger partial charge on any atom is 0.182 e. The van der Waals surface area contributed by atoms with E-state index in [4.69, 9.17) is 12.2 Å². The quantitative estimate of drug-likeness (QED) is 0.607. The number of rotatable bonds is 1. The van der Waals surface area contributed by atoms with Gasteiger partial charge in [-0.25, -0.2) is 8.78 Å². The van der Waals surface area contributed by atoms with Crippen molar-refractivity contribution < 1.29 is 8.78 Å². The first-order valence-electron chi connectivity index (χ1n) is 5.83. The maximum absolute atomic E-state index is 13.7. The predicted octanol–water partition coefficient (Wildman–Crippen LogP) is 5.04. The Labute approximate surface area is 127 Å². The number of aryl methyl sites for hydroxylation is 1. The van der Waals surface area contributed by atoms with Crippen molar-refractivity contribution in [3.05, 3.63) is 56.8 Å². The molecule has 3 aromatic rings. The van der Waals surface area contributed by atoms with E-state index in [-0.39, 0.29) is 11.6 Å². The normalized spacial score (nSPS) is 11.2. The zero-order valence-corrected chi connectivity index (χ0v) is 12.8. The summed E-state index contributed by atoms with van der Waals surface area (Å²) in [6.07, 6.45) is 0. The van der Waals surface area contributed by atoms with Gasteiger partial charge in [-0.05, 0) is 58.8 Å². The van der Waals surface area contributed by atoms with Crippen molar-refractivity contribution >= 4 is 39.2 Å². The van der Waals surface area contributed by atoms with E-state index in [1.165, 1.54) is 12.1 Å². The number of hydrogen-bond acceptors (Lipinski definition) is 1. The Morgan fingerprint density at radius 3 is 2.60 bits per heavy atom. The maximum atomic E-state index is 13.7. The number of hydrogen-bond donors (Lipinski definition) is 1. The number of H-pyrrole nitrogens is 1. The molecule has 0 atom stereocenters. The number of imidazole rings is 1. The Balaban J connectivity index is 2.35. The molecule has 102 valence electrons. The lowest BCUT2D eigenvalue weighted by Gasteiger charge is -2.06. The van der Waals surface area contributed by atoms with Gasteiger partial charge in [0.15, 0.2) is 4.77 Å². The lowest BCUT2D eigenvalue weighted by atomic mass is 10.2. The Morgan fingerprint density at radius 1 is 1.15 bits per heavy atom. The minimum Gasteiger partial charge on any atom is -0.330 e. The van der Waals surface area contributed by atoms with E-state index < -0.39 is 0 Å². The Kier molecular flexibility index (Phi) is 3.22. The zero-order valence-electron chi connectivity index (χ0n) is 10.4. The van der Waals surface area contributed by atoms with Crippen LogP contribution in [0.15, 0.2) is 34.8 Å². The van der Waals surface area contributed by atoms with E-state index in [9.17, 15) is 8.78 Å². The molecule has 0 aliphatic carbocycles. The molecule has 0 aliphatic rings. The third-order valence-corrected chi connectivity index (χ3v) is 4.03. The zero-order chi connectivity index (χ0) is 14.4. The van der Waals surface area contributed by atoms with Gasteiger partial charge in [-0.2, -0.15) is 0 Å². The predicted molar refractivity (Wildman–Crippen MR) is 80.8 cm³/mol. The van der Waals surface area contributed by atoms with Gasteiger partial charge in [-0.3, -0.25) is 4.57 Å². The molecular formula is C14H9BrF2N2S. The monoisotopic (exact) mass is 354 g/mol. The van der Waals surface area contributed by atoms with Crippen LogP contribution < -0.4 is 0 Å². The molecule has 0 bridgehead atoms. The van der Waals surface area contributed by atoms with E-state index in [2.05, 4.69) is 20.9 Å². The topological polar surface area (TPSA) is 20.7 Å². The van der Waals surface area contributed by atoms with Crippen molar-refractivity contribution in [2.75, 3.05) is 0 Å². The van der Waals surface area contributed by atoms with E-state index in [1.807, 2.05) is 0 Å². The Bertz CT molecular complexity index is 883. The highest BCUT2D eigenvalue weighted by atomic mass is 79.9. The molecule has 2 aromatic carbocycles. The standard InChI is InChI=1S/C14H9BrF2N2S/c1-7-2-3-8(4-10(7)16)19-13-5-9(15)11(17)6-12(13)18-14(19)20/h2-6H,1H3,(H,18,20). The molecular weight excluding hydrogens is 346 g/mol. The SMILES string of the molecule is Cc1ccc(-n2c(=S)[nH]c3cc(F)c(Br)cc32)cc1F. The van der Waals surface area contributed by atoms with E-state index >= 15 is 0 Å². The first-order valence-corrected chi connectivity index (χ1v) is 7.04. The summed E-state index contributed by atoms with van der Waals surface area (Å²) >= 11 is 8.39. The highest BCUT2D eigenvalue weighted by Crippen LogP contribution is 2.26. The molecule has 0 saturated heterocycles. The number of halogens is 3. The second-order valence-electron chi connectivity index (χ2n) is 4.48. The molecule has 20 heavy (non-hydrogen) atoms. The Morgan fingerprint density at radius 2 is 1.90 bits per heavy atom. The van der Waals surface area contributed by atoms with Crippen LogP contribution in [-0.2, 0) is 0 Å². The molecule has 1 N–H and O–H groups in total. The van der Waals surface area contributed by atoms with Gasteiger partial charge in [-0.15, -0.1) is 0 Å². The van der Waals surface area contributed by atoms with Crippen molar-refractivity contribution in [3.8, 4) is 5.69 Å². The highest BCUT2D eigenvalue weighted by Gasteiger charge is 2.11. The fourth-order valence-corrected chi connectivity index (χ4v) is 2.72. The van der Waals surface area contributed by atoms with Crippen LogP contribution in [0.2, 0.25) is 0 Å². The molecule has 1 aromatic heterocycles. The molecule has 0 amide bonds. The van der Waals surface area contributed by atoms with Crippen LogP contribution in [0.5, 0.6) is 0 Å². The van der Waals surface area contributed by atoms with E-state index in [0.717, 1.165) is 0 Å². The molecule has 0 unspecified atom stereocenters. The third-order valence-electron chi connectivity index (χ3n) is 3.14. The van der Waals surface area contributed by atoms with Gasteiger partial charge < -0.3 is 4.98 Å². The van der Waals surface area contributed by atoms with Crippen LogP contribution in [-0.4, -0.2) is 9.55 Å². The average Bonchev–Trinajstić information content (AvgIpc) is 2.69. The summed E-state index contributed by atoms with van der Waals surface area (Å²) in [5.74, 6) is -0.684. The summed E-state index contributed by atoms with van der Waals surface area (Å²) in [5, 5.41) is 0.